The van der Waals surface area contributed by atoms with Gasteiger partial charge < -0.3 is 10.1 Å². The first-order valence-corrected chi connectivity index (χ1v) is 10.2. The summed E-state index contributed by atoms with van der Waals surface area (Å²) in [5.41, 5.74) is 7.04. The molecule has 6 heteroatoms. The Bertz CT molecular complexity index is 1290. The van der Waals surface area contributed by atoms with Crippen LogP contribution in [-0.2, 0) is 6.54 Å². The molecule has 0 atom stereocenters. The number of benzene rings is 2. The van der Waals surface area contributed by atoms with Gasteiger partial charge in [-0.3, -0.25) is 4.79 Å². The number of carbonyl (C=O) groups is 1. The zero-order valence-electron chi connectivity index (χ0n) is 18.5. The van der Waals surface area contributed by atoms with Crippen molar-refractivity contribution in [3.63, 3.8) is 0 Å². The van der Waals surface area contributed by atoms with E-state index in [0.717, 1.165) is 33.8 Å². The van der Waals surface area contributed by atoms with E-state index in [1.807, 2.05) is 54.9 Å². The van der Waals surface area contributed by atoms with Gasteiger partial charge in [-0.15, -0.1) is 0 Å². The lowest BCUT2D eigenvalue weighted by Crippen LogP contribution is -2.23. The molecule has 4 rings (SSSR count). The molecule has 0 bridgehead atoms. The third kappa shape index (κ3) is 3.89. The van der Waals surface area contributed by atoms with Crippen LogP contribution in [0.5, 0.6) is 5.75 Å². The predicted octanol–water partition coefficient (Wildman–Crippen LogP) is 4.59. The minimum atomic E-state index is -0.163. The average molecular weight is 415 g/mol. The second-order valence-corrected chi connectivity index (χ2v) is 7.77. The average Bonchev–Trinajstić information content (AvgIpc) is 3.09. The van der Waals surface area contributed by atoms with Crippen molar-refractivity contribution in [3.8, 4) is 11.4 Å². The number of hydrogen-bond acceptors (Lipinski definition) is 4. The highest BCUT2D eigenvalue weighted by Gasteiger charge is 2.20. The fourth-order valence-corrected chi connectivity index (χ4v) is 3.75. The maximum Gasteiger partial charge on any atom is 0.252 e. The van der Waals surface area contributed by atoms with E-state index >= 15 is 0 Å². The smallest absolute Gasteiger partial charge is 0.252 e. The molecule has 4 aromatic rings. The lowest BCUT2D eigenvalue weighted by molar-refractivity contribution is 0.0952. The number of hydrogen-bond donors (Lipinski definition) is 1. The Labute approximate surface area is 181 Å². The lowest BCUT2D eigenvalue weighted by Gasteiger charge is -2.11. The number of amides is 1. The number of fused-ring (bicyclic) bond motifs is 1. The van der Waals surface area contributed by atoms with Crippen LogP contribution in [0.4, 0.5) is 0 Å². The van der Waals surface area contributed by atoms with Gasteiger partial charge in [0.15, 0.2) is 5.65 Å². The number of nitrogens with zero attached hydrogens (tertiary/aromatic N) is 3. The summed E-state index contributed by atoms with van der Waals surface area (Å²) in [7, 11) is 1.63. The number of nitrogens with one attached hydrogen (secondary N) is 1. The van der Waals surface area contributed by atoms with Gasteiger partial charge in [0.1, 0.15) is 5.75 Å². The summed E-state index contributed by atoms with van der Waals surface area (Å²) in [6.07, 6.45) is 0. The van der Waals surface area contributed by atoms with E-state index in [-0.39, 0.29) is 5.91 Å². The maximum atomic E-state index is 13.2. The largest absolute Gasteiger partial charge is 0.496 e. The van der Waals surface area contributed by atoms with Gasteiger partial charge in [-0.25, -0.2) is 9.67 Å². The lowest BCUT2D eigenvalue weighted by atomic mass is 10.1. The minimum absolute atomic E-state index is 0.163. The normalized spacial score (nSPS) is 11.0. The van der Waals surface area contributed by atoms with Crippen molar-refractivity contribution >= 4 is 16.9 Å². The van der Waals surface area contributed by atoms with Crippen LogP contribution in [0.2, 0.25) is 0 Å². The fourth-order valence-electron chi connectivity index (χ4n) is 3.75. The molecular weight excluding hydrogens is 388 g/mol. The Morgan fingerprint density at radius 1 is 1.03 bits per heavy atom. The van der Waals surface area contributed by atoms with Crippen molar-refractivity contribution in [3.05, 3.63) is 82.2 Å². The first-order valence-electron chi connectivity index (χ1n) is 10.2. The van der Waals surface area contributed by atoms with Crippen LogP contribution in [0.15, 0.2) is 48.5 Å². The zero-order chi connectivity index (χ0) is 22.1. The number of carbonyl (C=O) groups excluding carboxylic acids is 1. The van der Waals surface area contributed by atoms with Gasteiger partial charge in [-0.1, -0.05) is 24.3 Å². The molecule has 2 aromatic carbocycles. The van der Waals surface area contributed by atoms with E-state index in [0.29, 0.717) is 17.8 Å². The van der Waals surface area contributed by atoms with Crippen LogP contribution in [0.25, 0.3) is 16.7 Å². The van der Waals surface area contributed by atoms with Crippen molar-refractivity contribution in [1.29, 1.82) is 0 Å². The zero-order valence-corrected chi connectivity index (χ0v) is 18.5. The third-order valence-electron chi connectivity index (χ3n) is 5.55. The van der Waals surface area contributed by atoms with Gasteiger partial charge in [0.05, 0.1) is 29.4 Å². The van der Waals surface area contributed by atoms with Crippen LogP contribution in [0.1, 0.15) is 38.4 Å². The second kappa shape index (κ2) is 8.22. The predicted molar refractivity (Wildman–Crippen MR) is 122 cm³/mol. The summed E-state index contributed by atoms with van der Waals surface area (Å²) >= 11 is 0. The van der Waals surface area contributed by atoms with Gasteiger partial charge in [-0.2, -0.15) is 5.10 Å². The summed E-state index contributed by atoms with van der Waals surface area (Å²) in [5.74, 6) is 0.585. The highest BCUT2D eigenvalue weighted by atomic mass is 16.5. The Balaban J connectivity index is 1.74. The van der Waals surface area contributed by atoms with E-state index in [4.69, 9.17) is 14.8 Å². The summed E-state index contributed by atoms with van der Waals surface area (Å²) < 4.78 is 7.21. The van der Waals surface area contributed by atoms with Crippen LogP contribution < -0.4 is 10.1 Å². The number of methoxy groups -OCH3 is 1. The Morgan fingerprint density at radius 2 is 1.81 bits per heavy atom. The standard InChI is InChI=1S/C25H26N4O2/c1-15-10-11-20(12-16(15)2)29-24-23(18(4)28-29)21(13-17(3)27-24)25(30)26-14-19-8-6-7-9-22(19)31-5/h6-13H,14H2,1-5H3,(H,26,30). The van der Waals surface area contributed by atoms with E-state index in [2.05, 4.69) is 31.3 Å². The van der Waals surface area contributed by atoms with Crippen LogP contribution in [-0.4, -0.2) is 27.8 Å². The number of rotatable bonds is 5. The monoisotopic (exact) mass is 414 g/mol. The molecule has 0 unspecified atom stereocenters. The Hall–Kier alpha value is -3.67. The molecule has 0 radical (unpaired) electrons. The summed E-state index contributed by atoms with van der Waals surface area (Å²) in [5, 5.41) is 8.50. The Kier molecular flexibility index (Phi) is 5.46. The number of aryl methyl sites for hydroxylation is 4. The first kappa shape index (κ1) is 20.6. The van der Waals surface area contributed by atoms with Crippen LogP contribution in [0.3, 0.4) is 0 Å². The highest BCUT2D eigenvalue weighted by Crippen LogP contribution is 2.26. The minimum Gasteiger partial charge on any atom is -0.496 e. The molecule has 0 aliphatic carbocycles. The molecular formula is C25H26N4O2. The van der Waals surface area contributed by atoms with Crippen molar-refractivity contribution in [2.75, 3.05) is 7.11 Å². The molecule has 0 saturated heterocycles. The molecule has 0 saturated carbocycles. The van der Waals surface area contributed by atoms with Crippen molar-refractivity contribution in [2.45, 2.75) is 34.2 Å². The molecule has 6 nitrogen and oxygen atoms in total. The second-order valence-electron chi connectivity index (χ2n) is 7.77. The summed E-state index contributed by atoms with van der Waals surface area (Å²) in [6, 6.07) is 15.7. The quantitative estimate of drug-likeness (QED) is 0.518. The van der Waals surface area contributed by atoms with Gasteiger partial charge in [0.25, 0.3) is 5.91 Å². The number of pyridine rings is 1. The van der Waals surface area contributed by atoms with E-state index in [1.54, 1.807) is 7.11 Å². The third-order valence-corrected chi connectivity index (χ3v) is 5.55. The molecule has 158 valence electrons. The summed E-state index contributed by atoms with van der Waals surface area (Å²) in [4.78, 5) is 17.9. The molecule has 0 aliphatic rings. The molecule has 0 fully saturated rings. The van der Waals surface area contributed by atoms with Gasteiger partial charge in [0.2, 0.25) is 0 Å². The first-order chi connectivity index (χ1) is 14.9. The number of ether oxygens (including phenoxy) is 1. The van der Waals surface area contributed by atoms with E-state index in [1.165, 1.54) is 11.1 Å². The van der Waals surface area contributed by atoms with Gasteiger partial charge in [-0.05, 0) is 63.1 Å². The van der Waals surface area contributed by atoms with Gasteiger partial charge in [0, 0.05) is 17.8 Å². The topological polar surface area (TPSA) is 69.0 Å². The van der Waals surface area contributed by atoms with Crippen molar-refractivity contribution in [1.82, 2.24) is 20.1 Å². The van der Waals surface area contributed by atoms with Gasteiger partial charge >= 0.3 is 0 Å². The molecule has 0 aliphatic heterocycles. The molecule has 2 heterocycles. The molecule has 1 amide bonds. The Morgan fingerprint density at radius 3 is 2.55 bits per heavy atom. The number of para-hydroxylation sites is 1. The van der Waals surface area contributed by atoms with Crippen molar-refractivity contribution < 1.29 is 9.53 Å². The SMILES string of the molecule is COc1ccccc1CNC(=O)c1cc(C)nc2c1c(C)nn2-c1ccc(C)c(C)c1. The maximum absolute atomic E-state index is 13.2. The van der Waals surface area contributed by atoms with E-state index < -0.39 is 0 Å². The van der Waals surface area contributed by atoms with Crippen LogP contribution >= 0.6 is 0 Å². The molecule has 2 aromatic heterocycles. The highest BCUT2D eigenvalue weighted by molar-refractivity contribution is 6.06. The van der Waals surface area contributed by atoms with Crippen LogP contribution in [0, 0.1) is 27.7 Å². The molecule has 31 heavy (non-hydrogen) atoms. The van der Waals surface area contributed by atoms with E-state index in [9.17, 15) is 4.79 Å². The fraction of sp³-hybridized carbons (Fsp3) is 0.240. The number of aromatic nitrogens is 3. The molecule has 1 N–H and O–H groups in total. The molecule has 0 spiro atoms. The summed E-state index contributed by atoms with van der Waals surface area (Å²) in [6.45, 7) is 8.33. The van der Waals surface area contributed by atoms with Crippen molar-refractivity contribution in [2.24, 2.45) is 0 Å².